The van der Waals surface area contributed by atoms with Crippen molar-refractivity contribution in [1.82, 2.24) is 0 Å². The van der Waals surface area contributed by atoms with Gasteiger partial charge >= 0.3 is 0 Å². The number of anilines is 2. The molecule has 0 fully saturated rings. The lowest BCUT2D eigenvalue weighted by Gasteiger charge is -2.10. The molecule has 2 aromatic carbocycles. The van der Waals surface area contributed by atoms with Crippen molar-refractivity contribution in [3.8, 4) is 0 Å². The summed E-state index contributed by atoms with van der Waals surface area (Å²) in [4.78, 5) is 0. The summed E-state index contributed by atoms with van der Waals surface area (Å²) >= 11 is 3.07. The second-order valence-corrected chi connectivity index (χ2v) is 5.01. The minimum Gasteiger partial charge on any atom is -0.397 e. The Kier molecular flexibility index (Phi) is 4.37. The molecule has 0 amide bonds. The lowest BCUT2D eigenvalue weighted by molar-refractivity contribution is 0.622. The fourth-order valence-electron chi connectivity index (χ4n) is 1.75. The van der Waals surface area contributed by atoms with Crippen LogP contribution in [0.25, 0.3) is 0 Å². The van der Waals surface area contributed by atoms with Crippen LogP contribution in [0.1, 0.15) is 5.56 Å². The smallest absolute Gasteiger partial charge is 0.139 e. The van der Waals surface area contributed by atoms with E-state index in [1.54, 1.807) is 6.07 Å². The molecule has 0 aliphatic heterocycles. The zero-order valence-electron chi connectivity index (χ0n) is 10.1. The van der Waals surface area contributed by atoms with E-state index in [-0.39, 0.29) is 11.6 Å². The van der Waals surface area contributed by atoms with Gasteiger partial charge in [-0.3, -0.25) is 0 Å². The molecule has 0 aromatic heterocycles. The highest BCUT2D eigenvalue weighted by atomic mass is 79.9. The van der Waals surface area contributed by atoms with Gasteiger partial charge in [-0.15, -0.1) is 0 Å². The topological polar surface area (TPSA) is 38.0 Å². The fraction of sp³-hybridized carbons (Fsp3) is 0.143. The monoisotopic (exact) mass is 326 g/mol. The van der Waals surface area contributed by atoms with Crippen molar-refractivity contribution in [1.29, 1.82) is 0 Å². The molecule has 3 N–H and O–H groups in total. The number of benzene rings is 2. The number of rotatable bonds is 4. The number of halogens is 3. The first-order valence-electron chi connectivity index (χ1n) is 5.79. The van der Waals surface area contributed by atoms with Gasteiger partial charge in [0.1, 0.15) is 11.6 Å². The summed E-state index contributed by atoms with van der Waals surface area (Å²) in [5.74, 6) is -0.630. The molecule has 0 radical (unpaired) electrons. The molecule has 2 rings (SSSR count). The maximum atomic E-state index is 13.4. The van der Waals surface area contributed by atoms with Gasteiger partial charge in [-0.05, 0) is 46.1 Å². The molecular weight excluding hydrogens is 314 g/mol. The highest BCUT2D eigenvalue weighted by molar-refractivity contribution is 9.10. The van der Waals surface area contributed by atoms with E-state index in [1.165, 1.54) is 24.3 Å². The van der Waals surface area contributed by atoms with E-state index in [4.69, 9.17) is 5.73 Å². The van der Waals surface area contributed by atoms with E-state index in [0.717, 1.165) is 5.56 Å². The SMILES string of the molecule is Nc1cc(Br)c(F)cc1NCCc1cccc(F)c1. The lowest BCUT2D eigenvalue weighted by atomic mass is 10.1. The normalized spacial score (nSPS) is 10.5. The van der Waals surface area contributed by atoms with E-state index >= 15 is 0 Å². The van der Waals surface area contributed by atoms with Crippen LogP contribution in [-0.4, -0.2) is 6.54 Å². The molecule has 0 saturated carbocycles. The molecule has 0 unspecified atom stereocenters. The maximum Gasteiger partial charge on any atom is 0.139 e. The lowest BCUT2D eigenvalue weighted by Crippen LogP contribution is -2.07. The number of hydrogen-bond acceptors (Lipinski definition) is 2. The molecule has 0 heterocycles. The van der Waals surface area contributed by atoms with Crippen molar-refractivity contribution in [2.75, 3.05) is 17.6 Å². The Balaban J connectivity index is 1.98. The van der Waals surface area contributed by atoms with Gasteiger partial charge in [-0.1, -0.05) is 12.1 Å². The Hall–Kier alpha value is -1.62. The van der Waals surface area contributed by atoms with Crippen LogP contribution in [0, 0.1) is 11.6 Å². The van der Waals surface area contributed by atoms with Gasteiger partial charge in [0.05, 0.1) is 15.8 Å². The molecule has 2 aromatic rings. The van der Waals surface area contributed by atoms with Gasteiger partial charge in [-0.25, -0.2) is 8.78 Å². The maximum absolute atomic E-state index is 13.4. The van der Waals surface area contributed by atoms with Crippen LogP contribution in [0.2, 0.25) is 0 Å². The van der Waals surface area contributed by atoms with Crippen molar-refractivity contribution in [2.45, 2.75) is 6.42 Å². The van der Waals surface area contributed by atoms with E-state index in [0.29, 0.717) is 28.8 Å². The third-order valence-corrected chi connectivity index (χ3v) is 3.32. The average molecular weight is 327 g/mol. The number of nitrogen functional groups attached to an aromatic ring is 1. The summed E-state index contributed by atoms with van der Waals surface area (Å²) in [6.07, 6.45) is 0.634. The van der Waals surface area contributed by atoms with Crippen LogP contribution in [0.4, 0.5) is 20.2 Å². The molecule has 100 valence electrons. The number of nitrogens with two attached hydrogens (primary N) is 1. The van der Waals surface area contributed by atoms with Gasteiger partial charge in [0.25, 0.3) is 0 Å². The summed E-state index contributed by atoms with van der Waals surface area (Å²) in [6, 6.07) is 9.24. The summed E-state index contributed by atoms with van der Waals surface area (Å²) < 4.78 is 26.7. The third kappa shape index (κ3) is 3.67. The molecule has 5 heteroatoms. The largest absolute Gasteiger partial charge is 0.397 e. The van der Waals surface area contributed by atoms with Crippen molar-refractivity contribution in [3.05, 3.63) is 58.1 Å². The molecule has 0 atom stereocenters. The van der Waals surface area contributed by atoms with E-state index in [9.17, 15) is 8.78 Å². The first-order valence-corrected chi connectivity index (χ1v) is 6.58. The summed E-state index contributed by atoms with van der Waals surface area (Å²) in [6.45, 7) is 0.550. The molecule has 0 aliphatic rings. The van der Waals surface area contributed by atoms with Crippen molar-refractivity contribution in [3.63, 3.8) is 0 Å². The van der Waals surface area contributed by atoms with Gasteiger partial charge in [0.2, 0.25) is 0 Å². The first-order chi connectivity index (χ1) is 9.06. The zero-order valence-corrected chi connectivity index (χ0v) is 11.7. The molecule has 0 saturated heterocycles. The van der Waals surface area contributed by atoms with Crippen molar-refractivity contribution in [2.24, 2.45) is 0 Å². The van der Waals surface area contributed by atoms with E-state index in [1.807, 2.05) is 6.07 Å². The summed E-state index contributed by atoms with van der Waals surface area (Å²) in [7, 11) is 0. The Morgan fingerprint density at radius 3 is 2.68 bits per heavy atom. The molecular formula is C14H13BrF2N2. The number of hydrogen-bond donors (Lipinski definition) is 2. The Bertz CT molecular complexity index is 588. The van der Waals surface area contributed by atoms with Crippen molar-refractivity contribution < 1.29 is 8.78 Å². The van der Waals surface area contributed by atoms with Gasteiger partial charge < -0.3 is 11.1 Å². The second kappa shape index (κ2) is 6.02. The minimum absolute atomic E-state index is 0.258. The highest BCUT2D eigenvalue weighted by Gasteiger charge is 2.05. The second-order valence-electron chi connectivity index (χ2n) is 4.16. The van der Waals surface area contributed by atoms with Crippen LogP contribution >= 0.6 is 15.9 Å². The Morgan fingerprint density at radius 1 is 1.16 bits per heavy atom. The quantitative estimate of drug-likeness (QED) is 0.834. The van der Waals surface area contributed by atoms with Gasteiger partial charge in [-0.2, -0.15) is 0 Å². The fourth-order valence-corrected chi connectivity index (χ4v) is 2.11. The summed E-state index contributed by atoms with van der Waals surface area (Å²) in [5.41, 5.74) is 7.66. The predicted molar refractivity (Wildman–Crippen MR) is 77.1 cm³/mol. The Morgan fingerprint density at radius 2 is 1.95 bits per heavy atom. The van der Waals surface area contributed by atoms with Crippen molar-refractivity contribution >= 4 is 27.3 Å². The molecule has 2 nitrogen and oxygen atoms in total. The molecule has 19 heavy (non-hydrogen) atoms. The summed E-state index contributed by atoms with van der Waals surface area (Å²) in [5, 5.41) is 3.04. The van der Waals surface area contributed by atoms with Crippen LogP contribution in [0.3, 0.4) is 0 Å². The Labute approximate surface area is 118 Å². The standard InChI is InChI=1S/C14H13BrF2N2/c15-11-7-13(18)14(8-12(11)17)19-5-4-9-2-1-3-10(16)6-9/h1-3,6-8,19H,4-5,18H2. The van der Waals surface area contributed by atoms with Crippen LogP contribution in [0.5, 0.6) is 0 Å². The zero-order chi connectivity index (χ0) is 13.8. The van der Waals surface area contributed by atoms with Crippen LogP contribution < -0.4 is 11.1 Å². The minimum atomic E-state index is -0.373. The average Bonchev–Trinajstić information content (AvgIpc) is 2.35. The third-order valence-electron chi connectivity index (χ3n) is 2.71. The highest BCUT2D eigenvalue weighted by Crippen LogP contribution is 2.26. The first kappa shape index (κ1) is 13.8. The predicted octanol–water partition coefficient (Wildman–Crippen LogP) is 3.96. The molecule has 0 bridgehead atoms. The van der Waals surface area contributed by atoms with Gasteiger partial charge in [0, 0.05) is 12.6 Å². The number of nitrogens with one attached hydrogen (secondary N) is 1. The van der Waals surface area contributed by atoms with E-state index < -0.39 is 0 Å². The van der Waals surface area contributed by atoms with Crippen LogP contribution in [0.15, 0.2) is 40.9 Å². The van der Waals surface area contributed by atoms with Gasteiger partial charge in [0.15, 0.2) is 0 Å². The van der Waals surface area contributed by atoms with Crippen LogP contribution in [-0.2, 0) is 6.42 Å². The van der Waals surface area contributed by atoms with E-state index in [2.05, 4.69) is 21.2 Å². The molecule has 0 spiro atoms. The molecule has 0 aliphatic carbocycles.